The lowest BCUT2D eigenvalue weighted by Crippen LogP contribution is -1.99. The van der Waals surface area contributed by atoms with Crippen LogP contribution in [0.25, 0.3) is 0 Å². The van der Waals surface area contributed by atoms with Gasteiger partial charge in [-0.3, -0.25) is 0 Å². The first kappa shape index (κ1) is 41.6. The Morgan fingerprint density at radius 1 is 0.385 bits per heavy atom. The second-order valence-electron chi connectivity index (χ2n) is 11.2. The third kappa shape index (κ3) is 16.7. The summed E-state index contributed by atoms with van der Waals surface area (Å²) < 4.78 is 23.3. The lowest BCUT2D eigenvalue weighted by Gasteiger charge is -2.12. The Morgan fingerprint density at radius 3 is 0.865 bits per heavy atom. The number of hydrogen-bond acceptors (Lipinski definition) is 5. The van der Waals surface area contributed by atoms with E-state index in [-0.39, 0.29) is 10.6 Å². The second kappa shape index (κ2) is 24.2. The molecule has 0 aromatic heterocycles. The minimum absolute atomic E-state index is 0.0514. The summed E-state index contributed by atoms with van der Waals surface area (Å²) in [7, 11) is 0. The molecule has 0 radical (unpaired) electrons. The van der Waals surface area contributed by atoms with Crippen molar-refractivity contribution in [2.75, 3.05) is 0 Å². The maximum atomic E-state index is 9.45. The summed E-state index contributed by atoms with van der Waals surface area (Å²) in [6.07, 6.45) is 0. The molecule has 6 aromatic rings. The van der Waals surface area contributed by atoms with Gasteiger partial charge in [0.25, 0.3) is 0 Å². The van der Waals surface area contributed by atoms with E-state index in [1.54, 1.807) is 0 Å². The molecule has 0 atom stereocenters. The summed E-state index contributed by atoms with van der Waals surface area (Å²) in [5.41, 5.74) is 6.38. The quantitative estimate of drug-likeness (QED) is 0.0871. The first-order chi connectivity index (χ1) is 25.4. The van der Waals surface area contributed by atoms with Gasteiger partial charge in [0.2, 0.25) is 0 Å². The van der Waals surface area contributed by atoms with Crippen LogP contribution in [-0.4, -0.2) is 5.11 Å². The van der Waals surface area contributed by atoms with Gasteiger partial charge in [-0.15, -0.1) is 0 Å². The number of alkyl halides is 1. The number of hydrogen-bond donors (Lipinski definition) is 1. The largest absolute Gasteiger partial charge is 0.489 e. The summed E-state index contributed by atoms with van der Waals surface area (Å²) in [5, 5.41) is 10.2. The molecule has 6 aromatic carbocycles. The van der Waals surface area contributed by atoms with Crippen LogP contribution in [0.3, 0.4) is 0 Å². The van der Waals surface area contributed by atoms with E-state index >= 15 is 0 Å². The number of aliphatic hydroxyl groups excluding tert-OH is 1. The standard InChI is InChI=1S/C21H19BrO2.C21H20O3.Br3P/c2*22-14-19-11-20(23-15-17-7-3-1-4-8-17)13-21(12-19)24-16-18-9-5-2-6-10-18;1-4(2)3/h1-13H,14-16H2;1-13,22H,14-16H2;. The zero-order chi connectivity index (χ0) is 36.8. The van der Waals surface area contributed by atoms with Gasteiger partial charge in [0.1, 0.15) is 53.5 Å². The molecule has 52 heavy (non-hydrogen) atoms. The maximum Gasteiger partial charge on any atom is 0.123 e. The molecule has 0 saturated heterocycles. The van der Waals surface area contributed by atoms with Crippen LogP contribution < -0.4 is 18.9 Å². The van der Waals surface area contributed by atoms with Crippen LogP contribution in [0.1, 0.15) is 33.4 Å². The highest BCUT2D eigenvalue weighted by atomic mass is 80.0. The molecule has 0 fully saturated rings. The molecular weight excluding hydrogens is 935 g/mol. The van der Waals surface area contributed by atoms with Crippen molar-refractivity contribution in [2.24, 2.45) is 0 Å². The number of ether oxygens (including phenoxy) is 4. The van der Waals surface area contributed by atoms with Crippen molar-refractivity contribution in [1.82, 2.24) is 0 Å². The van der Waals surface area contributed by atoms with E-state index in [2.05, 4.69) is 86.7 Å². The summed E-state index contributed by atoms with van der Waals surface area (Å²) in [4.78, 5) is 0. The summed E-state index contributed by atoms with van der Waals surface area (Å²) >= 11 is 13.0. The van der Waals surface area contributed by atoms with Gasteiger partial charge in [0.05, 0.1) is 6.61 Å². The third-order valence-corrected chi connectivity index (χ3v) is 7.86. The van der Waals surface area contributed by atoms with Gasteiger partial charge in [-0.05, 0) is 104 Å². The topological polar surface area (TPSA) is 57.2 Å². The van der Waals surface area contributed by atoms with E-state index in [9.17, 15) is 5.11 Å². The zero-order valence-corrected chi connectivity index (χ0v) is 35.5. The monoisotopic (exact) mass is 970 g/mol. The molecule has 0 spiro atoms. The molecule has 0 unspecified atom stereocenters. The highest BCUT2D eigenvalue weighted by Crippen LogP contribution is 2.59. The molecule has 0 heterocycles. The fourth-order valence-electron chi connectivity index (χ4n) is 4.73. The molecule has 0 aliphatic carbocycles. The zero-order valence-electron chi connectivity index (χ0n) is 28.3. The van der Waals surface area contributed by atoms with Gasteiger partial charge in [-0.1, -0.05) is 137 Å². The van der Waals surface area contributed by atoms with Crippen LogP contribution in [0.4, 0.5) is 0 Å². The van der Waals surface area contributed by atoms with Crippen molar-refractivity contribution < 1.29 is 24.1 Å². The number of halogens is 4. The first-order valence-corrected chi connectivity index (χ1v) is 24.8. The van der Waals surface area contributed by atoms with Crippen molar-refractivity contribution in [3.8, 4) is 23.0 Å². The lowest BCUT2D eigenvalue weighted by molar-refractivity contribution is 0.271. The van der Waals surface area contributed by atoms with Crippen LogP contribution >= 0.6 is 66.4 Å². The molecule has 0 saturated carbocycles. The number of rotatable bonds is 14. The fourth-order valence-corrected chi connectivity index (χ4v) is 5.05. The summed E-state index contributed by atoms with van der Waals surface area (Å²) in [6.45, 7) is 2.00. The van der Waals surface area contributed by atoms with Crippen LogP contribution in [0.2, 0.25) is 0 Å². The van der Waals surface area contributed by atoms with E-state index in [4.69, 9.17) is 18.9 Å². The Hall–Kier alpha value is -3.17. The molecule has 0 bridgehead atoms. The van der Waals surface area contributed by atoms with E-state index in [1.807, 2.05) is 133 Å². The van der Waals surface area contributed by atoms with Gasteiger partial charge in [0, 0.05) is 17.5 Å². The Bertz CT molecular complexity index is 1590. The molecule has 270 valence electrons. The van der Waals surface area contributed by atoms with Crippen LogP contribution in [0.5, 0.6) is 23.0 Å². The number of benzene rings is 6. The van der Waals surface area contributed by atoms with Gasteiger partial charge < -0.3 is 24.1 Å². The molecule has 5 nitrogen and oxygen atoms in total. The average Bonchev–Trinajstić information content (AvgIpc) is 3.19. The van der Waals surface area contributed by atoms with Gasteiger partial charge in [0.15, 0.2) is 0 Å². The van der Waals surface area contributed by atoms with Gasteiger partial charge >= 0.3 is 0 Å². The second-order valence-corrected chi connectivity index (χ2v) is 27.1. The summed E-state index contributed by atoms with van der Waals surface area (Å²) in [5.74, 6) is 3.01. The summed E-state index contributed by atoms with van der Waals surface area (Å²) in [6, 6.07) is 51.8. The smallest absolute Gasteiger partial charge is 0.123 e. The Balaban J connectivity index is 0.000000211. The molecule has 0 aliphatic heterocycles. The molecule has 1 N–H and O–H groups in total. The van der Waals surface area contributed by atoms with E-state index in [0.29, 0.717) is 37.9 Å². The van der Waals surface area contributed by atoms with Crippen LogP contribution in [-0.2, 0) is 38.4 Å². The van der Waals surface area contributed by atoms with E-state index in [0.717, 1.165) is 50.2 Å². The van der Waals surface area contributed by atoms with Crippen molar-refractivity contribution in [1.29, 1.82) is 0 Å². The SMILES string of the molecule is BrCc1cc(OCc2ccccc2)cc(OCc2ccccc2)c1.BrP(Br)Br.OCc1cc(OCc2ccccc2)cc(OCc2ccccc2)c1. The van der Waals surface area contributed by atoms with Crippen LogP contribution in [0, 0.1) is 0 Å². The fraction of sp³-hybridized carbons (Fsp3) is 0.143. The molecule has 0 aliphatic rings. The Labute approximate surface area is 340 Å². The minimum atomic E-state index is -0.183. The normalized spacial score (nSPS) is 10.3. The molecule has 6 rings (SSSR count). The average molecular weight is 974 g/mol. The highest BCUT2D eigenvalue weighted by Gasteiger charge is 2.06. The van der Waals surface area contributed by atoms with E-state index < -0.39 is 0 Å². The third-order valence-electron chi connectivity index (χ3n) is 7.21. The lowest BCUT2D eigenvalue weighted by atomic mass is 10.2. The molecule has 10 heteroatoms. The van der Waals surface area contributed by atoms with Crippen molar-refractivity contribution in [3.05, 3.63) is 191 Å². The van der Waals surface area contributed by atoms with Crippen molar-refractivity contribution in [2.45, 2.75) is 38.4 Å². The predicted octanol–water partition coefficient (Wildman–Crippen LogP) is 13.5. The highest BCUT2D eigenvalue weighted by molar-refractivity contribution is 9.93. The van der Waals surface area contributed by atoms with E-state index in [1.165, 1.54) is 0 Å². The van der Waals surface area contributed by atoms with Gasteiger partial charge in [-0.2, -0.15) is 0 Å². The molecule has 0 amide bonds. The Morgan fingerprint density at radius 2 is 0.635 bits per heavy atom. The van der Waals surface area contributed by atoms with Crippen LogP contribution in [0.15, 0.2) is 158 Å². The predicted molar refractivity (Wildman–Crippen MR) is 228 cm³/mol. The van der Waals surface area contributed by atoms with Crippen molar-refractivity contribution >= 4 is 66.4 Å². The number of aliphatic hydroxyl groups is 1. The van der Waals surface area contributed by atoms with Crippen molar-refractivity contribution in [3.63, 3.8) is 0 Å². The Kier molecular flexibility index (Phi) is 19.4. The maximum absolute atomic E-state index is 9.45. The van der Waals surface area contributed by atoms with Gasteiger partial charge in [-0.25, -0.2) is 0 Å². The minimum Gasteiger partial charge on any atom is -0.489 e. The molecular formula is C42H39Br4O5P. The first-order valence-electron chi connectivity index (χ1n) is 16.3.